The lowest BCUT2D eigenvalue weighted by Crippen LogP contribution is -2.33. The monoisotopic (exact) mass is 455 g/mol. The summed E-state index contributed by atoms with van der Waals surface area (Å²) < 4.78 is 8.45. The normalized spacial score (nSPS) is 14.1. The standard InChI is InChI=1S/C29H33N2O.C2H6/c1-5-8-15-24-20-22(21-29-30(4)26(7-3)28(32-29)14-6-2)25-18-12-13-19-27(25)31(24)23-16-10-9-11-17-23;1-2/h6,9-14,16-21H,5,7-8,15H2,1-4H3;1-2H3/q+1;/b14-6-;. The number of oxazole rings is 1. The van der Waals surface area contributed by atoms with Crippen LogP contribution in [-0.4, -0.2) is 0 Å². The lowest BCUT2D eigenvalue weighted by Gasteiger charge is -2.33. The van der Waals surface area contributed by atoms with Crippen LogP contribution < -0.4 is 9.47 Å². The van der Waals surface area contributed by atoms with Crippen LogP contribution in [0.5, 0.6) is 0 Å². The minimum atomic E-state index is 0.874. The van der Waals surface area contributed by atoms with Gasteiger partial charge in [0.15, 0.2) is 5.76 Å². The van der Waals surface area contributed by atoms with Gasteiger partial charge in [-0.1, -0.05) is 76.6 Å². The molecular weight excluding hydrogens is 416 g/mol. The van der Waals surface area contributed by atoms with Gasteiger partial charge in [0, 0.05) is 23.4 Å². The quantitative estimate of drug-likeness (QED) is 0.333. The highest BCUT2D eigenvalue weighted by atomic mass is 16.4. The zero-order valence-electron chi connectivity index (χ0n) is 21.6. The summed E-state index contributed by atoms with van der Waals surface area (Å²) in [5.41, 5.74) is 7.36. The van der Waals surface area contributed by atoms with Gasteiger partial charge < -0.3 is 9.32 Å². The molecule has 0 aliphatic carbocycles. The Hall–Kier alpha value is -3.33. The van der Waals surface area contributed by atoms with Crippen LogP contribution in [0.4, 0.5) is 11.4 Å². The first-order valence-corrected chi connectivity index (χ1v) is 12.7. The van der Waals surface area contributed by atoms with Crippen molar-refractivity contribution < 1.29 is 8.98 Å². The lowest BCUT2D eigenvalue weighted by molar-refractivity contribution is -0.683. The van der Waals surface area contributed by atoms with Gasteiger partial charge in [0.25, 0.3) is 0 Å². The molecular formula is C31H39N2O+. The Morgan fingerprint density at radius 2 is 1.68 bits per heavy atom. The number of para-hydroxylation sites is 2. The van der Waals surface area contributed by atoms with Crippen molar-refractivity contribution in [3.8, 4) is 0 Å². The number of benzene rings is 2. The molecule has 3 aromatic rings. The topological polar surface area (TPSA) is 20.3 Å². The molecule has 1 aliphatic rings. The summed E-state index contributed by atoms with van der Waals surface area (Å²) in [5, 5.41) is 0. The summed E-state index contributed by atoms with van der Waals surface area (Å²) in [7, 11) is 2.09. The van der Waals surface area contributed by atoms with Crippen LogP contribution in [0.2, 0.25) is 0 Å². The van der Waals surface area contributed by atoms with Crippen LogP contribution in [0.25, 0.3) is 17.7 Å². The number of allylic oxidation sites excluding steroid dienone is 4. The number of hydrogen-bond donors (Lipinski definition) is 0. The summed E-state index contributed by atoms with van der Waals surface area (Å²) in [6, 6.07) is 19.3. The van der Waals surface area contributed by atoms with Crippen LogP contribution in [0.3, 0.4) is 0 Å². The first-order chi connectivity index (χ1) is 16.7. The molecule has 2 aromatic carbocycles. The van der Waals surface area contributed by atoms with Gasteiger partial charge >= 0.3 is 5.89 Å². The fourth-order valence-electron chi connectivity index (χ4n) is 4.42. The van der Waals surface area contributed by atoms with Gasteiger partial charge in [0.2, 0.25) is 5.69 Å². The zero-order chi connectivity index (χ0) is 24.5. The SMILES string of the molecule is C/C=C\c1oc(/C=C2\C=C(CCCC)N(c3ccccc3)c3ccccc32)[n+](C)c1CC.CC. The van der Waals surface area contributed by atoms with Crippen molar-refractivity contribution in [1.82, 2.24) is 0 Å². The van der Waals surface area contributed by atoms with Gasteiger partial charge in [-0.15, -0.1) is 0 Å². The maximum Gasteiger partial charge on any atom is 0.374 e. The molecule has 0 radical (unpaired) electrons. The Bertz CT molecular complexity index is 1170. The second kappa shape index (κ2) is 12.2. The van der Waals surface area contributed by atoms with E-state index in [1.54, 1.807) is 0 Å². The second-order valence-corrected chi connectivity index (χ2v) is 8.19. The van der Waals surface area contributed by atoms with E-state index in [9.17, 15) is 0 Å². The predicted molar refractivity (Wildman–Crippen MR) is 146 cm³/mol. The summed E-state index contributed by atoms with van der Waals surface area (Å²) in [6.07, 6.45) is 12.9. The summed E-state index contributed by atoms with van der Waals surface area (Å²) in [6.45, 7) is 10.4. The Kier molecular flexibility index (Phi) is 9.09. The molecule has 178 valence electrons. The molecule has 2 heterocycles. The van der Waals surface area contributed by atoms with E-state index in [1.807, 2.05) is 26.8 Å². The molecule has 0 saturated heterocycles. The maximum atomic E-state index is 6.28. The van der Waals surface area contributed by atoms with E-state index in [0.29, 0.717) is 0 Å². The van der Waals surface area contributed by atoms with E-state index in [4.69, 9.17) is 4.42 Å². The average molecular weight is 456 g/mol. The highest BCUT2D eigenvalue weighted by Crippen LogP contribution is 2.42. The minimum absolute atomic E-state index is 0.874. The van der Waals surface area contributed by atoms with E-state index >= 15 is 0 Å². The number of aromatic nitrogens is 1. The van der Waals surface area contributed by atoms with Crippen LogP contribution in [0.1, 0.15) is 76.8 Å². The Labute approximate surface area is 205 Å². The molecule has 0 saturated carbocycles. The Morgan fingerprint density at radius 1 is 0.971 bits per heavy atom. The largest absolute Gasteiger partial charge is 0.398 e. The maximum absolute atomic E-state index is 6.28. The van der Waals surface area contributed by atoms with Gasteiger partial charge in [-0.25, -0.2) is 0 Å². The fraction of sp³-hybridized carbons (Fsp3) is 0.323. The van der Waals surface area contributed by atoms with E-state index in [0.717, 1.165) is 30.9 Å². The zero-order valence-corrected chi connectivity index (χ0v) is 21.6. The molecule has 0 spiro atoms. The third-order valence-corrected chi connectivity index (χ3v) is 6.03. The number of fused-ring (bicyclic) bond motifs is 1. The lowest BCUT2D eigenvalue weighted by atomic mass is 9.94. The van der Waals surface area contributed by atoms with E-state index in [1.165, 1.54) is 40.3 Å². The highest BCUT2D eigenvalue weighted by molar-refractivity contribution is 5.96. The highest BCUT2D eigenvalue weighted by Gasteiger charge is 2.26. The van der Waals surface area contributed by atoms with Crippen molar-refractivity contribution in [3.63, 3.8) is 0 Å². The molecule has 0 amide bonds. The molecule has 1 aliphatic heterocycles. The molecule has 0 atom stereocenters. The molecule has 1 aromatic heterocycles. The van der Waals surface area contributed by atoms with Crippen LogP contribution in [0, 0.1) is 0 Å². The van der Waals surface area contributed by atoms with Crippen LogP contribution >= 0.6 is 0 Å². The Morgan fingerprint density at radius 3 is 2.35 bits per heavy atom. The molecule has 0 fully saturated rings. The van der Waals surface area contributed by atoms with Gasteiger partial charge in [-0.05, 0) is 55.7 Å². The summed E-state index contributed by atoms with van der Waals surface area (Å²) in [4.78, 5) is 2.41. The summed E-state index contributed by atoms with van der Waals surface area (Å²) in [5.74, 6) is 1.81. The first-order valence-electron chi connectivity index (χ1n) is 12.7. The third-order valence-electron chi connectivity index (χ3n) is 6.03. The fourth-order valence-corrected chi connectivity index (χ4v) is 4.42. The van der Waals surface area contributed by atoms with Crippen molar-refractivity contribution in [2.24, 2.45) is 7.05 Å². The second-order valence-electron chi connectivity index (χ2n) is 8.19. The van der Waals surface area contributed by atoms with E-state index in [2.05, 4.69) is 103 Å². The third kappa shape index (κ3) is 5.25. The van der Waals surface area contributed by atoms with Crippen molar-refractivity contribution in [1.29, 1.82) is 0 Å². The molecule has 0 bridgehead atoms. The molecule has 4 rings (SSSR count). The van der Waals surface area contributed by atoms with Crippen molar-refractivity contribution >= 4 is 29.1 Å². The number of unbranched alkanes of at least 4 members (excludes halogenated alkanes) is 1. The van der Waals surface area contributed by atoms with Crippen molar-refractivity contribution in [3.05, 3.63) is 95.4 Å². The smallest absolute Gasteiger partial charge is 0.374 e. The van der Waals surface area contributed by atoms with Gasteiger partial charge in [0.05, 0.1) is 11.8 Å². The number of hydrogen-bond acceptors (Lipinski definition) is 2. The van der Waals surface area contributed by atoms with Gasteiger partial charge in [0.1, 0.15) is 7.05 Å². The van der Waals surface area contributed by atoms with Gasteiger partial charge in [-0.3, -0.25) is 0 Å². The number of anilines is 2. The molecule has 0 N–H and O–H groups in total. The minimum Gasteiger partial charge on any atom is -0.398 e. The summed E-state index contributed by atoms with van der Waals surface area (Å²) >= 11 is 0. The number of rotatable bonds is 7. The molecule has 3 heteroatoms. The van der Waals surface area contributed by atoms with Crippen LogP contribution in [0.15, 0.2) is 76.9 Å². The van der Waals surface area contributed by atoms with Crippen molar-refractivity contribution in [2.75, 3.05) is 4.90 Å². The molecule has 34 heavy (non-hydrogen) atoms. The molecule has 0 unspecified atom stereocenters. The van der Waals surface area contributed by atoms with E-state index < -0.39 is 0 Å². The average Bonchev–Trinajstić information content (AvgIpc) is 3.18. The predicted octanol–water partition coefficient (Wildman–Crippen LogP) is 8.49. The number of nitrogens with zero attached hydrogens (tertiary/aromatic N) is 2. The van der Waals surface area contributed by atoms with Gasteiger partial charge in [-0.2, -0.15) is 4.57 Å². The Balaban J connectivity index is 0.00000158. The molecule has 3 nitrogen and oxygen atoms in total. The van der Waals surface area contributed by atoms with Crippen LogP contribution in [-0.2, 0) is 13.5 Å². The van der Waals surface area contributed by atoms with E-state index in [-0.39, 0.29) is 0 Å². The first kappa shape index (κ1) is 25.3. The van der Waals surface area contributed by atoms with Crippen molar-refractivity contribution in [2.45, 2.75) is 60.3 Å².